The second-order valence-corrected chi connectivity index (χ2v) is 15.6. The molecular formula is C33H47F17O4S2. The Kier molecular flexibility index (Phi) is 23.2. The Bertz CT molecular complexity index is 1140. The van der Waals surface area contributed by atoms with Crippen molar-refractivity contribution in [3.8, 4) is 0 Å². The standard InChI is InChI=1S/C33H47F17O4S2/c1-2-3-4-5-6-7-8-9-10-11-12-13-14-15-16-17-24(51)53-20-22-55-56-23-21-54-25(52)18-19-26(34,35)27(36,37)28(38,39)29(40,41)30(42,43)31(44,45)32(46,47)33(48,49)50/h2-23H2,1H3. The fourth-order valence-corrected chi connectivity index (χ4v) is 6.55. The van der Waals surface area contributed by atoms with Crippen molar-refractivity contribution in [1.82, 2.24) is 0 Å². The number of hydrogen-bond acceptors (Lipinski definition) is 6. The predicted molar refractivity (Wildman–Crippen MR) is 176 cm³/mol. The van der Waals surface area contributed by atoms with Gasteiger partial charge in [-0.05, 0) is 6.42 Å². The summed E-state index contributed by atoms with van der Waals surface area (Å²) >= 11 is 0. The zero-order chi connectivity index (χ0) is 43.5. The van der Waals surface area contributed by atoms with E-state index >= 15 is 0 Å². The van der Waals surface area contributed by atoms with Crippen molar-refractivity contribution in [2.45, 2.75) is 170 Å². The molecule has 0 saturated carbocycles. The largest absolute Gasteiger partial charge is 0.465 e. The lowest BCUT2D eigenvalue weighted by atomic mass is 9.88. The Balaban J connectivity index is 4.41. The molecule has 0 bridgehead atoms. The first-order valence-corrected chi connectivity index (χ1v) is 20.4. The molecule has 0 N–H and O–H groups in total. The number of ether oxygens (including phenoxy) is 2. The lowest BCUT2D eigenvalue weighted by molar-refractivity contribution is -0.461. The van der Waals surface area contributed by atoms with Crippen molar-refractivity contribution in [2.24, 2.45) is 0 Å². The van der Waals surface area contributed by atoms with Crippen LogP contribution >= 0.6 is 21.6 Å². The minimum atomic E-state index is -8.70. The minimum Gasteiger partial charge on any atom is -0.465 e. The van der Waals surface area contributed by atoms with Gasteiger partial charge >= 0.3 is 59.6 Å². The molecule has 0 amide bonds. The molecule has 0 aromatic rings. The van der Waals surface area contributed by atoms with Gasteiger partial charge in [0.15, 0.2) is 0 Å². The summed E-state index contributed by atoms with van der Waals surface area (Å²) in [6.45, 7) is 1.55. The Labute approximate surface area is 321 Å². The van der Waals surface area contributed by atoms with Crippen LogP contribution in [-0.2, 0) is 19.1 Å². The van der Waals surface area contributed by atoms with Gasteiger partial charge in [-0.25, -0.2) is 0 Å². The van der Waals surface area contributed by atoms with Gasteiger partial charge in [-0.3, -0.25) is 9.59 Å². The number of carbonyl (C=O) groups excluding carboxylic acids is 2. The van der Waals surface area contributed by atoms with Crippen molar-refractivity contribution < 1.29 is 93.7 Å². The zero-order valence-electron chi connectivity index (χ0n) is 30.4. The summed E-state index contributed by atoms with van der Waals surface area (Å²) < 4.78 is 236. The zero-order valence-corrected chi connectivity index (χ0v) is 32.1. The SMILES string of the molecule is CCCCCCCCCCCCCCCCCC(=O)OCCSSCCOC(=O)CCC(F)(F)C(F)(F)C(F)(F)C(F)(F)C(F)(F)C(F)(F)C(F)(F)C(F)(F)F. The third-order valence-corrected chi connectivity index (χ3v) is 10.7. The third-order valence-electron chi connectivity index (χ3n) is 8.36. The van der Waals surface area contributed by atoms with Gasteiger partial charge in [0, 0.05) is 24.3 Å². The van der Waals surface area contributed by atoms with Crippen LogP contribution in [-0.4, -0.2) is 84.3 Å². The van der Waals surface area contributed by atoms with Crippen LogP contribution in [0.5, 0.6) is 0 Å². The Morgan fingerprint density at radius 2 is 0.714 bits per heavy atom. The van der Waals surface area contributed by atoms with E-state index in [1.54, 1.807) is 0 Å². The molecule has 23 heteroatoms. The molecule has 334 valence electrons. The molecule has 0 aliphatic rings. The summed E-state index contributed by atoms with van der Waals surface area (Å²) in [5.74, 6) is -59.2. The molecule has 0 rings (SSSR count). The highest BCUT2D eigenvalue weighted by Gasteiger charge is 2.95. The summed E-state index contributed by atoms with van der Waals surface area (Å²) in [5.41, 5.74) is 0. The molecule has 0 unspecified atom stereocenters. The van der Waals surface area contributed by atoms with Crippen molar-refractivity contribution in [1.29, 1.82) is 0 Å². The molecule has 0 spiro atoms. The number of esters is 2. The number of hydrogen-bond donors (Lipinski definition) is 0. The first-order valence-electron chi connectivity index (χ1n) is 17.9. The fraction of sp³-hybridized carbons (Fsp3) is 0.939. The molecule has 0 fully saturated rings. The van der Waals surface area contributed by atoms with Crippen molar-refractivity contribution >= 4 is 33.5 Å². The number of halogens is 17. The molecule has 4 nitrogen and oxygen atoms in total. The van der Waals surface area contributed by atoms with Crippen molar-refractivity contribution in [3.63, 3.8) is 0 Å². The molecule has 0 aliphatic heterocycles. The maximum Gasteiger partial charge on any atom is 0.460 e. The average molecular weight is 895 g/mol. The lowest BCUT2D eigenvalue weighted by Gasteiger charge is -2.42. The topological polar surface area (TPSA) is 52.6 Å². The molecule has 0 aliphatic carbocycles. The number of carbonyl (C=O) groups is 2. The van der Waals surface area contributed by atoms with Gasteiger partial charge in [-0.1, -0.05) is 118 Å². The Morgan fingerprint density at radius 3 is 1.07 bits per heavy atom. The van der Waals surface area contributed by atoms with E-state index in [4.69, 9.17) is 4.74 Å². The van der Waals surface area contributed by atoms with Crippen LogP contribution in [0.25, 0.3) is 0 Å². The molecular weight excluding hydrogens is 847 g/mol. The quantitative estimate of drug-likeness (QED) is 0.0290. The van der Waals surface area contributed by atoms with E-state index in [0.717, 1.165) is 47.3 Å². The van der Waals surface area contributed by atoms with Gasteiger partial charge in [0.25, 0.3) is 0 Å². The Morgan fingerprint density at radius 1 is 0.411 bits per heavy atom. The van der Waals surface area contributed by atoms with Crippen molar-refractivity contribution in [3.05, 3.63) is 0 Å². The van der Waals surface area contributed by atoms with Gasteiger partial charge < -0.3 is 9.47 Å². The van der Waals surface area contributed by atoms with Gasteiger partial charge in [0.2, 0.25) is 0 Å². The molecule has 0 radical (unpaired) electrons. The molecule has 0 heterocycles. The molecule has 0 aromatic heterocycles. The van der Waals surface area contributed by atoms with Crippen LogP contribution in [0.1, 0.15) is 122 Å². The smallest absolute Gasteiger partial charge is 0.460 e. The summed E-state index contributed by atoms with van der Waals surface area (Å²) in [4.78, 5) is 23.4. The summed E-state index contributed by atoms with van der Waals surface area (Å²) in [6, 6.07) is 0. The second-order valence-electron chi connectivity index (χ2n) is 12.9. The normalized spacial score (nSPS) is 14.0. The second kappa shape index (κ2) is 23.9. The number of unbranched alkanes of at least 4 members (excludes halogenated alkanes) is 14. The highest BCUT2D eigenvalue weighted by Crippen LogP contribution is 2.64. The van der Waals surface area contributed by atoms with Crippen LogP contribution in [0.2, 0.25) is 0 Å². The van der Waals surface area contributed by atoms with Crippen molar-refractivity contribution in [2.75, 3.05) is 24.7 Å². The molecule has 0 aromatic carbocycles. The van der Waals surface area contributed by atoms with Crippen LogP contribution in [0.3, 0.4) is 0 Å². The van der Waals surface area contributed by atoms with E-state index in [0.29, 0.717) is 6.42 Å². The minimum absolute atomic E-state index is 0.00364. The highest BCUT2D eigenvalue weighted by atomic mass is 33.1. The van der Waals surface area contributed by atoms with E-state index in [-0.39, 0.29) is 24.5 Å². The van der Waals surface area contributed by atoms with Crippen LogP contribution in [0, 0.1) is 0 Å². The first-order chi connectivity index (χ1) is 25.6. The van der Waals surface area contributed by atoms with Crippen LogP contribution in [0.4, 0.5) is 74.6 Å². The predicted octanol–water partition coefficient (Wildman–Crippen LogP) is 13.5. The summed E-state index contributed by atoms with van der Waals surface area (Å²) in [7, 11) is 2.05. The summed E-state index contributed by atoms with van der Waals surface area (Å²) in [6.07, 6.45) is 4.99. The van der Waals surface area contributed by atoms with Gasteiger partial charge in [-0.2, -0.15) is 74.6 Å². The first kappa shape index (κ1) is 54.4. The van der Waals surface area contributed by atoms with Gasteiger partial charge in [0.1, 0.15) is 13.2 Å². The Hall–Kier alpha value is -1.55. The molecule has 0 atom stereocenters. The average Bonchev–Trinajstić information content (AvgIpc) is 3.09. The van der Waals surface area contributed by atoms with E-state index in [1.807, 2.05) is 0 Å². The van der Waals surface area contributed by atoms with Gasteiger partial charge in [-0.15, -0.1) is 0 Å². The highest BCUT2D eigenvalue weighted by molar-refractivity contribution is 8.76. The van der Waals surface area contributed by atoms with E-state index < -0.39 is 79.0 Å². The molecule has 0 saturated heterocycles. The van der Waals surface area contributed by atoms with Crippen LogP contribution < -0.4 is 0 Å². The third kappa shape index (κ3) is 15.2. The monoisotopic (exact) mass is 894 g/mol. The molecule has 56 heavy (non-hydrogen) atoms. The lowest BCUT2D eigenvalue weighted by Crippen LogP contribution is -2.74. The van der Waals surface area contributed by atoms with Gasteiger partial charge in [0.05, 0.1) is 6.42 Å². The van der Waals surface area contributed by atoms with E-state index in [9.17, 15) is 84.2 Å². The number of alkyl halides is 17. The fourth-order valence-electron chi connectivity index (χ4n) is 4.89. The maximum absolute atomic E-state index is 14.0. The van der Waals surface area contributed by atoms with Crippen LogP contribution in [0.15, 0.2) is 0 Å². The van der Waals surface area contributed by atoms with E-state index in [2.05, 4.69) is 11.7 Å². The number of rotatable bonds is 32. The maximum atomic E-state index is 14.0. The van der Waals surface area contributed by atoms with E-state index in [1.165, 1.54) is 64.2 Å². The summed E-state index contributed by atoms with van der Waals surface area (Å²) in [5, 5.41) is 0.